The number of thiazole rings is 1. The number of halogens is 2. The molecule has 1 aliphatic heterocycles. The normalized spacial score (nSPS) is 18.0. The molecule has 0 bridgehead atoms. The van der Waals surface area contributed by atoms with E-state index in [1.165, 1.54) is 11.1 Å². The first-order chi connectivity index (χ1) is 13.2. The van der Waals surface area contributed by atoms with E-state index >= 15 is 0 Å². The van der Waals surface area contributed by atoms with Crippen molar-refractivity contribution < 1.29 is 4.79 Å². The van der Waals surface area contributed by atoms with Crippen LogP contribution in [0.3, 0.4) is 0 Å². The van der Waals surface area contributed by atoms with E-state index in [4.69, 9.17) is 5.73 Å². The van der Waals surface area contributed by atoms with Crippen molar-refractivity contribution in [2.45, 2.75) is 24.8 Å². The number of rotatable bonds is 5. The zero-order chi connectivity index (χ0) is 18.6. The van der Waals surface area contributed by atoms with E-state index in [-0.39, 0.29) is 42.7 Å². The lowest BCUT2D eigenvalue weighted by Crippen LogP contribution is -2.32. The smallest absolute Gasteiger partial charge is 0.273 e. The number of carbonyl (C=O) groups is 1. The maximum atomic E-state index is 12.9. The highest BCUT2D eigenvalue weighted by atomic mass is 35.5. The third-order valence-electron chi connectivity index (χ3n) is 5.12. The van der Waals surface area contributed by atoms with Gasteiger partial charge < -0.3 is 10.6 Å². The molecule has 4 rings (SSSR count). The van der Waals surface area contributed by atoms with Crippen molar-refractivity contribution in [2.24, 2.45) is 5.73 Å². The lowest BCUT2D eigenvalue weighted by Gasteiger charge is -2.15. The van der Waals surface area contributed by atoms with Crippen molar-refractivity contribution in [1.29, 1.82) is 0 Å². The highest BCUT2D eigenvalue weighted by molar-refractivity contribution is 7.09. The summed E-state index contributed by atoms with van der Waals surface area (Å²) < 4.78 is 0. The van der Waals surface area contributed by atoms with Crippen molar-refractivity contribution in [2.75, 3.05) is 13.1 Å². The SMILES string of the molecule is Cl.Cl.N[C@@H]1CN(C(=O)c2csc(CCc3ccccc3)n2)C[C@H]1c1ccccc1. The number of nitrogens with two attached hydrogens (primary N) is 1. The lowest BCUT2D eigenvalue weighted by molar-refractivity contribution is 0.0784. The van der Waals surface area contributed by atoms with E-state index in [9.17, 15) is 4.79 Å². The molecule has 29 heavy (non-hydrogen) atoms. The number of nitrogens with zero attached hydrogens (tertiary/aromatic N) is 2. The average Bonchev–Trinajstić information content (AvgIpc) is 3.34. The van der Waals surface area contributed by atoms with Crippen LogP contribution in [0.2, 0.25) is 0 Å². The Hall–Kier alpha value is -1.92. The van der Waals surface area contributed by atoms with Gasteiger partial charge in [-0.3, -0.25) is 4.79 Å². The van der Waals surface area contributed by atoms with Crippen LogP contribution in [0.5, 0.6) is 0 Å². The Morgan fingerprint density at radius 2 is 1.66 bits per heavy atom. The van der Waals surface area contributed by atoms with Crippen LogP contribution in [0.1, 0.15) is 32.5 Å². The standard InChI is InChI=1S/C22H23N3OS.2ClH/c23-19-14-25(13-18(19)17-9-5-2-6-10-17)22(26)20-15-27-21(24-20)12-11-16-7-3-1-4-8-16;;/h1-10,15,18-19H,11-14,23H2;2*1H/t18-,19+;;/m0../s1. The first-order valence-corrected chi connectivity index (χ1v) is 10.2. The van der Waals surface area contributed by atoms with Gasteiger partial charge in [0.25, 0.3) is 5.91 Å². The summed E-state index contributed by atoms with van der Waals surface area (Å²) in [4.78, 5) is 19.3. The average molecular weight is 450 g/mol. The molecule has 4 nitrogen and oxygen atoms in total. The van der Waals surface area contributed by atoms with Gasteiger partial charge in [-0.15, -0.1) is 36.2 Å². The van der Waals surface area contributed by atoms with Crippen molar-refractivity contribution >= 4 is 42.1 Å². The van der Waals surface area contributed by atoms with Crippen LogP contribution in [0.15, 0.2) is 66.0 Å². The molecule has 154 valence electrons. The number of likely N-dealkylation sites (tertiary alicyclic amines) is 1. The number of benzene rings is 2. The van der Waals surface area contributed by atoms with E-state index < -0.39 is 0 Å². The van der Waals surface area contributed by atoms with E-state index in [1.807, 2.05) is 46.7 Å². The van der Waals surface area contributed by atoms with Gasteiger partial charge in [0, 0.05) is 36.9 Å². The first-order valence-electron chi connectivity index (χ1n) is 9.29. The molecular weight excluding hydrogens is 425 g/mol. The van der Waals surface area contributed by atoms with Crippen LogP contribution >= 0.6 is 36.2 Å². The molecule has 1 saturated heterocycles. The van der Waals surface area contributed by atoms with Crippen LogP contribution in [0.25, 0.3) is 0 Å². The first kappa shape index (κ1) is 23.4. The molecular formula is C22H25Cl2N3OS. The highest BCUT2D eigenvalue weighted by Gasteiger charge is 2.34. The van der Waals surface area contributed by atoms with Gasteiger partial charge in [-0.05, 0) is 17.5 Å². The molecule has 2 atom stereocenters. The third kappa shape index (κ3) is 5.58. The summed E-state index contributed by atoms with van der Waals surface area (Å²) in [5, 5.41) is 2.88. The van der Waals surface area contributed by atoms with Crippen molar-refractivity contribution in [1.82, 2.24) is 9.88 Å². The highest BCUT2D eigenvalue weighted by Crippen LogP contribution is 2.27. The molecule has 1 fully saturated rings. The molecule has 7 heteroatoms. The number of amides is 1. The van der Waals surface area contributed by atoms with Gasteiger partial charge in [0.1, 0.15) is 5.69 Å². The summed E-state index contributed by atoms with van der Waals surface area (Å²) in [7, 11) is 0. The molecule has 0 unspecified atom stereocenters. The molecule has 1 aromatic heterocycles. The van der Waals surface area contributed by atoms with Gasteiger partial charge in [0.15, 0.2) is 0 Å². The van der Waals surface area contributed by atoms with Crippen LogP contribution in [-0.2, 0) is 12.8 Å². The van der Waals surface area contributed by atoms with Gasteiger partial charge >= 0.3 is 0 Å². The number of aromatic nitrogens is 1. The molecule has 0 spiro atoms. The molecule has 3 aromatic rings. The number of hydrogen-bond acceptors (Lipinski definition) is 4. The van der Waals surface area contributed by atoms with E-state index in [0.29, 0.717) is 18.8 Å². The lowest BCUT2D eigenvalue weighted by atomic mass is 9.95. The quantitative estimate of drug-likeness (QED) is 0.629. The summed E-state index contributed by atoms with van der Waals surface area (Å²) in [6.07, 6.45) is 1.79. The monoisotopic (exact) mass is 449 g/mol. The second-order valence-corrected chi connectivity index (χ2v) is 7.95. The zero-order valence-electron chi connectivity index (χ0n) is 15.9. The predicted molar refractivity (Wildman–Crippen MR) is 124 cm³/mol. The van der Waals surface area contributed by atoms with Crippen LogP contribution in [0, 0.1) is 0 Å². The Bertz CT molecular complexity index is 905. The second-order valence-electron chi connectivity index (χ2n) is 7.00. The van der Waals surface area contributed by atoms with Gasteiger partial charge in [-0.25, -0.2) is 4.98 Å². The van der Waals surface area contributed by atoms with Crippen molar-refractivity contribution in [3.63, 3.8) is 0 Å². The topological polar surface area (TPSA) is 59.2 Å². The molecule has 0 saturated carbocycles. The largest absolute Gasteiger partial charge is 0.335 e. The Morgan fingerprint density at radius 3 is 2.34 bits per heavy atom. The van der Waals surface area contributed by atoms with Gasteiger partial charge in [0.2, 0.25) is 0 Å². The summed E-state index contributed by atoms with van der Waals surface area (Å²) >= 11 is 1.56. The van der Waals surface area contributed by atoms with Crippen LogP contribution in [-0.4, -0.2) is 34.9 Å². The Balaban J connectivity index is 0.00000150. The maximum absolute atomic E-state index is 12.9. The fourth-order valence-electron chi connectivity index (χ4n) is 3.63. The minimum absolute atomic E-state index is 0. The van der Waals surface area contributed by atoms with Crippen molar-refractivity contribution in [3.8, 4) is 0 Å². The Kier molecular flexibility index (Phi) is 8.65. The number of carbonyl (C=O) groups excluding carboxylic acids is 1. The maximum Gasteiger partial charge on any atom is 0.273 e. The van der Waals surface area contributed by atoms with Gasteiger partial charge in [-0.2, -0.15) is 0 Å². The van der Waals surface area contributed by atoms with Crippen molar-refractivity contribution in [3.05, 3.63) is 87.9 Å². The number of hydrogen-bond donors (Lipinski definition) is 1. The Labute approximate surface area is 188 Å². The summed E-state index contributed by atoms with van der Waals surface area (Å²) in [6.45, 7) is 1.23. The molecule has 2 heterocycles. The molecule has 2 N–H and O–H groups in total. The number of aryl methyl sites for hydroxylation is 2. The van der Waals surface area contributed by atoms with E-state index in [0.717, 1.165) is 17.8 Å². The van der Waals surface area contributed by atoms with Gasteiger partial charge in [-0.1, -0.05) is 60.7 Å². The van der Waals surface area contributed by atoms with E-state index in [1.54, 1.807) is 11.3 Å². The Morgan fingerprint density at radius 1 is 1.00 bits per heavy atom. The molecule has 1 amide bonds. The molecule has 0 aliphatic carbocycles. The summed E-state index contributed by atoms with van der Waals surface area (Å²) in [5.41, 5.74) is 9.35. The molecule has 1 aliphatic rings. The summed E-state index contributed by atoms with van der Waals surface area (Å²) in [6, 6.07) is 20.5. The second kappa shape index (κ2) is 10.7. The van der Waals surface area contributed by atoms with Crippen LogP contribution in [0.4, 0.5) is 0 Å². The minimum atomic E-state index is -0.0347. The minimum Gasteiger partial charge on any atom is -0.335 e. The third-order valence-corrected chi connectivity index (χ3v) is 6.03. The summed E-state index contributed by atoms with van der Waals surface area (Å²) in [5.74, 6) is 0.178. The molecule has 0 radical (unpaired) electrons. The zero-order valence-corrected chi connectivity index (χ0v) is 18.4. The predicted octanol–water partition coefficient (Wildman–Crippen LogP) is 4.34. The molecule has 2 aromatic carbocycles. The fraction of sp³-hybridized carbons (Fsp3) is 0.273. The van der Waals surface area contributed by atoms with Crippen LogP contribution < -0.4 is 5.73 Å². The van der Waals surface area contributed by atoms with Gasteiger partial charge in [0.05, 0.1) is 5.01 Å². The fourth-order valence-corrected chi connectivity index (χ4v) is 4.40. The van der Waals surface area contributed by atoms with E-state index in [2.05, 4.69) is 29.2 Å².